The third-order valence-electron chi connectivity index (χ3n) is 7.07. The number of aromatic amines is 2. The highest BCUT2D eigenvalue weighted by Gasteiger charge is 2.23. The van der Waals surface area contributed by atoms with Gasteiger partial charge in [-0.3, -0.25) is 14.9 Å². The summed E-state index contributed by atoms with van der Waals surface area (Å²) >= 11 is 0. The Morgan fingerprint density at radius 3 is 2.64 bits per heavy atom. The Hall–Kier alpha value is -4.38. The van der Waals surface area contributed by atoms with Crippen molar-refractivity contribution < 1.29 is 9.18 Å². The molecular weight excluding hydrogens is 497 g/mol. The molecule has 0 atom stereocenters. The highest BCUT2D eigenvalue weighted by atomic mass is 19.1. The smallest absolute Gasteiger partial charge is 0.229 e. The minimum absolute atomic E-state index is 0.130. The minimum atomic E-state index is -0.557. The van der Waals surface area contributed by atoms with Crippen LogP contribution in [0.1, 0.15) is 20.8 Å². The van der Waals surface area contributed by atoms with E-state index < -0.39 is 11.2 Å². The number of nitrogens with zero attached hydrogens (tertiary/aromatic N) is 6. The number of piperazine rings is 1. The van der Waals surface area contributed by atoms with Gasteiger partial charge in [0, 0.05) is 54.9 Å². The third kappa shape index (κ3) is 4.69. The summed E-state index contributed by atoms with van der Waals surface area (Å²) in [6, 6.07) is 7.05. The number of hydrogen-bond acceptors (Lipinski definition) is 7. The summed E-state index contributed by atoms with van der Waals surface area (Å²) in [5.41, 5.74) is 4.51. The van der Waals surface area contributed by atoms with Crippen LogP contribution < -0.4 is 10.2 Å². The largest absolute Gasteiger partial charge is 0.367 e. The van der Waals surface area contributed by atoms with Crippen LogP contribution in [-0.4, -0.2) is 74.2 Å². The van der Waals surface area contributed by atoms with Gasteiger partial charge in [-0.15, -0.1) is 0 Å². The van der Waals surface area contributed by atoms with Crippen LogP contribution in [-0.2, 0) is 4.79 Å². The maximum absolute atomic E-state index is 15.2. The molecule has 0 aliphatic carbocycles. The Morgan fingerprint density at radius 1 is 1.08 bits per heavy atom. The number of halogens is 1. The lowest BCUT2D eigenvalue weighted by Crippen LogP contribution is -2.44. The second kappa shape index (κ2) is 9.42. The van der Waals surface area contributed by atoms with Gasteiger partial charge < -0.3 is 20.1 Å². The van der Waals surface area contributed by atoms with Gasteiger partial charge in [0.25, 0.3) is 0 Å². The monoisotopic (exact) mass is 527 g/mol. The molecule has 39 heavy (non-hydrogen) atoms. The van der Waals surface area contributed by atoms with Crippen LogP contribution in [0.3, 0.4) is 0 Å². The number of amides is 1. The van der Waals surface area contributed by atoms with Crippen molar-refractivity contribution >= 4 is 39.3 Å². The molecule has 5 aromatic rings. The molecule has 200 valence electrons. The van der Waals surface area contributed by atoms with Gasteiger partial charge in [0.15, 0.2) is 17.3 Å². The number of likely N-dealkylation sites (N-methyl/N-ethyl adjacent to an activating group) is 1. The lowest BCUT2D eigenvalue weighted by molar-refractivity contribution is -0.123. The molecule has 10 nitrogen and oxygen atoms in total. The van der Waals surface area contributed by atoms with Crippen LogP contribution in [0.4, 0.5) is 15.8 Å². The van der Waals surface area contributed by atoms with Crippen LogP contribution in [0.15, 0.2) is 42.9 Å². The molecule has 1 saturated heterocycles. The quantitative estimate of drug-likeness (QED) is 0.316. The Kier molecular flexibility index (Phi) is 6.02. The summed E-state index contributed by atoms with van der Waals surface area (Å²) in [5, 5.41) is 10.7. The van der Waals surface area contributed by atoms with Crippen LogP contribution in [0, 0.1) is 11.2 Å². The first-order chi connectivity index (χ1) is 18.7. The average Bonchev–Trinajstić information content (AvgIpc) is 3.53. The van der Waals surface area contributed by atoms with Crippen molar-refractivity contribution in [2.24, 2.45) is 5.41 Å². The standard InChI is InChI=1S/C28H30FN9O/c1-28(2,3)27(39)32-18-11-17(14-30-15-18)16-12-19-22(20(29)13-16)35-36-23(19)26-33-24-21(5-6-31-25(24)34-26)38-9-7-37(4)8-10-38/h5-6,11-15H,7-10H2,1-4H3,(H,32,39)(H,35,36)(H,31,33,34). The number of nitrogens with one attached hydrogen (secondary N) is 3. The fourth-order valence-corrected chi connectivity index (χ4v) is 4.73. The molecule has 5 heterocycles. The summed E-state index contributed by atoms with van der Waals surface area (Å²) in [6.07, 6.45) is 4.98. The number of benzene rings is 1. The summed E-state index contributed by atoms with van der Waals surface area (Å²) in [7, 11) is 2.12. The zero-order chi connectivity index (χ0) is 27.3. The van der Waals surface area contributed by atoms with Crippen molar-refractivity contribution in [1.82, 2.24) is 35.0 Å². The molecule has 1 aromatic carbocycles. The highest BCUT2D eigenvalue weighted by molar-refractivity contribution is 5.98. The minimum Gasteiger partial charge on any atom is -0.367 e. The summed E-state index contributed by atoms with van der Waals surface area (Å²) in [6.45, 7) is 9.30. The van der Waals surface area contributed by atoms with E-state index in [-0.39, 0.29) is 11.4 Å². The van der Waals surface area contributed by atoms with E-state index in [0.717, 1.165) is 37.4 Å². The number of rotatable bonds is 4. The predicted molar refractivity (Wildman–Crippen MR) is 150 cm³/mol. The fraction of sp³-hybridized carbons (Fsp3) is 0.321. The van der Waals surface area contributed by atoms with Gasteiger partial charge in [-0.1, -0.05) is 20.8 Å². The molecular formula is C28H30FN9O. The number of hydrogen-bond donors (Lipinski definition) is 3. The lowest BCUT2D eigenvalue weighted by atomic mass is 9.95. The van der Waals surface area contributed by atoms with Crippen LogP contribution in [0.5, 0.6) is 0 Å². The maximum Gasteiger partial charge on any atom is 0.229 e. The van der Waals surface area contributed by atoms with Crippen molar-refractivity contribution in [2.75, 3.05) is 43.4 Å². The van der Waals surface area contributed by atoms with E-state index in [1.807, 2.05) is 32.9 Å². The van der Waals surface area contributed by atoms with E-state index >= 15 is 4.39 Å². The lowest BCUT2D eigenvalue weighted by Gasteiger charge is -2.34. The van der Waals surface area contributed by atoms with E-state index in [0.29, 0.717) is 39.4 Å². The van der Waals surface area contributed by atoms with Crippen molar-refractivity contribution in [3.05, 3.63) is 48.7 Å². The van der Waals surface area contributed by atoms with E-state index in [1.54, 1.807) is 24.7 Å². The molecule has 1 fully saturated rings. The van der Waals surface area contributed by atoms with Gasteiger partial charge in [0.2, 0.25) is 5.91 Å². The highest BCUT2D eigenvalue weighted by Crippen LogP contribution is 2.34. The number of carbonyl (C=O) groups is 1. The molecule has 3 N–H and O–H groups in total. The number of H-pyrrole nitrogens is 2. The molecule has 0 saturated carbocycles. The molecule has 1 aliphatic heterocycles. The van der Waals surface area contributed by atoms with Crippen molar-refractivity contribution in [1.29, 1.82) is 0 Å². The molecule has 11 heteroatoms. The zero-order valence-corrected chi connectivity index (χ0v) is 22.3. The third-order valence-corrected chi connectivity index (χ3v) is 7.07. The fourth-order valence-electron chi connectivity index (χ4n) is 4.73. The molecule has 0 unspecified atom stereocenters. The number of aromatic nitrogens is 6. The SMILES string of the molecule is CN1CCN(c2ccnc3nc(-c4[nH]nc5c(F)cc(-c6cncc(NC(=O)C(C)(C)C)c6)cc45)[nH]c23)CC1. The summed E-state index contributed by atoms with van der Waals surface area (Å²) in [4.78, 5) is 34.0. The summed E-state index contributed by atoms with van der Waals surface area (Å²) in [5.74, 6) is -0.0708. The van der Waals surface area contributed by atoms with Crippen LogP contribution >= 0.6 is 0 Å². The van der Waals surface area contributed by atoms with E-state index in [9.17, 15) is 4.79 Å². The van der Waals surface area contributed by atoms with Gasteiger partial charge in [-0.2, -0.15) is 5.10 Å². The Balaban J connectivity index is 1.39. The first kappa shape index (κ1) is 24.9. The second-order valence-corrected chi connectivity index (χ2v) is 11.0. The number of carbonyl (C=O) groups excluding carboxylic acids is 1. The molecule has 1 amide bonds. The number of imidazole rings is 1. The number of fused-ring (bicyclic) bond motifs is 2. The van der Waals surface area contributed by atoms with Crippen molar-refractivity contribution in [3.63, 3.8) is 0 Å². The van der Waals surface area contributed by atoms with E-state index in [2.05, 4.69) is 47.3 Å². The molecule has 0 radical (unpaired) electrons. The van der Waals surface area contributed by atoms with Crippen molar-refractivity contribution in [2.45, 2.75) is 20.8 Å². The second-order valence-electron chi connectivity index (χ2n) is 11.0. The average molecular weight is 528 g/mol. The van der Waals surface area contributed by atoms with Gasteiger partial charge in [-0.25, -0.2) is 14.4 Å². The van der Waals surface area contributed by atoms with Gasteiger partial charge in [-0.05, 0) is 36.9 Å². The van der Waals surface area contributed by atoms with Crippen molar-refractivity contribution in [3.8, 4) is 22.6 Å². The Labute approximate surface area is 224 Å². The Bertz CT molecular complexity index is 1690. The van der Waals surface area contributed by atoms with Crippen LogP contribution in [0.25, 0.3) is 44.7 Å². The number of anilines is 2. The van der Waals surface area contributed by atoms with Gasteiger partial charge in [0.05, 0.1) is 17.6 Å². The normalized spacial score (nSPS) is 14.8. The molecule has 0 bridgehead atoms. The Morgan fingerprint density at radius 2 is 1.87 bits per heavy atom. The predicted octanol–water partition coefficient (Wildman–Crippen LogP) is 4.44. The van der Waals surface area contributed by atoms with Crippen LogP contribution in [0.2, 0.25) is 0 Å². The maximum atomic E-state index is 15.2. The molecule has 0 spiro atoms. The first-order valence-corrected chi connectivity index (χ1v) is 12.9. The topological polar surface area (TPSA) is 119 Å². The van der Waals surface area contributed by atoms with Gasteiger partial charge in [0.1, 0.15) is 16.7 Å². The molecule has 6 rings (SSSR count). The number of pyridine rings is 2. The van der Waals surface area contributed by atoms with Gasteiger partial charge >= 0.3 is 0 Å². The first-order valence-electron chi connectivity index (χ1n) is 12.9. The molecule has 1 aliphatic rings. The molecule has 4 aromatic heterocycles. The van der Waals surface area contributed by atoms with E-state index in [1.165, 1.54) is 6.07 Å². The zero-order valence-electron chi connectivity index (χ0n) is 22.3. The van der Waals surface area contributed by atoms with E-state index in [4.69, 9.17) is 4.98 Å². The summed E-state index contributed by atoms with van der Waals surface area (Å²) < 4.78 is 15.2.